The van der Waals surface area contributed by atoms with Gasteiger partial charge in [-0.25, -0.2) is 0 Å². The van der Waals surface area contributed by atoms with Crippen molar-refractivity contribution in [3.8, 4) is 0 Å². The van der Waals surface area contributed by atoms with Gasteiger partial charge in [-0.1, -0.05) is 57.5 Å². The van der Waals surface area contributed by atoms with Crippen LogP contribution in [-0.4, -0.2) is 30.3 Å². The third-order valence-electron chi connectivity index (χ3n) is 4.63. The van der Waals surface area contributed by atoms with E-state index in [9.17, 15) is 4.79 Å². The third-order valence-corrected chi connectivity index (χ3v) is 4.63. The Morgan fingerprint density at radius 3 is 2.32 bits per heavy atom. The Morgan fingerprint density at radius 2 is 1.73 bits per heavy atom. The molecule has 0 amide bonds. The minimum Gasteiger partial charge on any atom is -0.304 e. The second-order valence-corrected chi connectivity index (χ2v) is 6.18. The van der Waals surface area contributed by atoms with Gasteiger partial charge in [0.2, 0.25) is 0 Å². The van der Waals surface area contributed by atoms with Crippen molar-refractivity contribution in [3.05, 3.63) is 35.9 Å². The van der Waals surface area contributed by atoms with Crippen LogP contribution in [0.15, 0.2) is 30.3 Å². The molecule has 2 heteroatoms. The van der Waals surface area contributed by atoms with Crippen LogP contribution in [0.3, 0.4) is 0 Å². The van der Waals surface area contributed by atoms with E-state index in [2.05, 4.69) is 25.7 Å². The molecule has 0 aliphatic rings. The summed E-state index contributed by atoms with van der Waals surface area (Å²) in [5.41, 5.74) is 1.14. The molecule has 0 radical (unpaired) electrons. The molecule has 0 saturated heterocycles. The molecule has 124 valence electrons. The lowest BCUT2D eigenvalue weighted by atomic mass is 9.92. The molecule has 0 aliphatic carbocycles. The zero-order chi connectivity index (χ0) is 16.2. The Bertz CT molecular complexity index is 397. The maximum absolute atomic E-state index is 12.1. The molecule has 0 saturated carbocycles. The number of ketones is 1. The van der Waals surface area contributed by atoms with Gasteiger partial charge in [0.1, 0.15) is 5.78 Å². The smallest absolute Gasteiger partial charge is 0.137 e. The monoisotopic (exact) mass is 303 g/mol. The molecule has 0 aliphatic heterocycles. The summed E-state index contributed by atoms with van der Waals surface area (Å²) in [4.78, 5) is 14.6. The minimum atomic E-state index is 0.383. The molecule has 0 bridgehead atoms. The van der Waals surface area contributed by atoms with Crippen LogP contribution in [-0.2, 0) is 11.2 Å². The van der Waals surface area contributed by atoms with Crippen LogP contribution >= 0.6 is 0 Å². The fourth-order valence-electron chi connectivity index (χ4n) is 2.97. The van der Waals surface area contributed by atoms with Crippen molar-refractivity contribution in [3.63, 3.8) is 0 Å². The van der Waals surface area contributed by atoms with Crippen molar-refractivity contribution in [2.45, 2.75) is 59.3 Å². The molecule has 0 spiro atoms. The molecule has 1 unspecified atom stereocenters. The first-order valence-corrected chi connectivity index (χ1v) is 8.97. The van der Waals surface area contributed by atoms with Crippen molar-refractivity contribution >= 4 is 5.78 Å². The maximum atomic E-state index is 12.1. The lowest BCUT2D eigenvalue weighted by molar-refractivity contribution is -0.118. The fraction of sp³-hybridized carbons (Fsp3) is 0.650. The summed E-state index contributed by atoms with van der Waals surface area (Å²) in [6.45, 7) is 10.2. The Hall–Kier alpha value is -1.15. The Balaban J connectivity index is 2.23. The molecule has 1 aromatic rings. The zero-order valence-electron chi connectivity index (χ0n) is 14.7. The molecule has 0 aromatic heterocycles. The summed E-state index contributed by atoms with van der Waals surface area (Å²) in [6, 6.07) is 10.1. The molecular formula is C20H33NO. The fourth-order valence-corrected chi connectivity index (χ4v) is 2.97. The van der Waals surface area contributed by atoms with E-state index in [1.807, 2.05) is 30.3 Å². The van der Waals surface area contributed by atoms with Crippen molar-refractivity contribution in [2.24, 2.45) is 5.92 Å². The number of hydrogen-bond donors (Lipinski definition) is 0. The van der Waals surface area contributed by atoms with E-state index in [0.717, 1.165) is 31.5 Å². The highest BCUT2D eigenvalue weighted by Gasteiger charge is 2.11. The lowest BCUT2D eigenvalue weighted by Gasteiger charge is -2.20. The van der Waals surface area contributed by atoms with Crippen LogP contribution in [0.2, 0.25) is 0 Å². The van der Waals surface area contributed by atoms with Gasteiger partial charge in [0.05, 0.1) is 0 Å². The minimum absolute atomic E-state index is 0.383. The van der Waals surface area contributed by atoms with Crippen LogP contribution in [0.5, 0.6) is 0 Å². The average Bonchev–Trinajstić information content (AvgIpc) is 2.55. The maximum Gasteiger partial charge on any atom is 0.137 e. The molecule has 0 heterocycles. The zero-order valence-corrected chi connectivity index (χ0v) is 14.7. The molecule has 0 fully saturated rings. The Kier molecular flexibility index (Phi) is 9.81. The Morgan fingerprint density at radius 1 is 1.05 bits per heavy atom. The van der Waals surface area contributed by atoms with Gasteiger partial charge in [-0.05, 0) is 50.4 Å². The highest BCUT2D eigenvalue weighted by atomic mass is 16.1. The molecule has 1 aromatic carbocycles. The van der Waals surface area contributed by atoms with Crippen molar-refractivity contribution in [1.82, 2.24) is 4.90 Å². The number of carbonyl (C=O) groups is 1. The van der Waals surface area contributed by atoms with Gasteiger partial charge < -0.3 is 4.90 Å². The van der Waals surface area contributed by atoms with Gasteiger partial charge in [-0.3, -0.25) is 4.79 Å². The summed E-state index contributed by atoms with van der Waals surface area (Å²) in [7, 11) is 0. The van der Waals surface area contributed by atoms with E-state index in [1.165, 1.54) is 25.8 Å². The van der Waals surface area contributed by atoms with E-state index < -0.39 is 0 Å². The highest BCUT2D eigenvalue weighted by molar-refractivity contribution is 5.80. The van der Waals surface area contributed by atoms with Crippen LogP contribution in [0, 0.1) is 5.92 Å². The van der Waals surface area contributed by atoms with Crippen LogP contribution in [0.1, 0.15) is 58.4 Å². The van der Waals surface area contributed by atoms with E-state index in [-0.39, 0.29) is 0 Å². The normalized spacial score (nSPS) is 12.5. The second-order valence-electron chi connectivity index (χ2n) is 6.18. The first-order valence-electron chi connectivity index (χ1n) is 8.97. The van der Waals surface area contributed by atoms with Gasteiger partial charge in [0, 0.05) is 12.8 Å². The van der Waals surface area contributed by atoms with Crippen LogP contribution < -0.4 is 0 Å². The molecule has 1 atom stereocenters. The van der Waals surface area contributed by atoms with E-state index in [1.54, 1.807) is 0 Å². The summed E-state index contributed by atoms with van der Waals surface area (Å²) >= 11 is 0. The van der Waals surface area contributed by atoms with Gasteiger partial charge in [-0.15, -0.1) is 0 Å². The van der Waals surface area contributed by atoms with Crippen molar-refractivity contribution in [2.75, 3.05) is 19.6 Å². The molecule has 22 heavy (non-hydrogen) atoms. The lowest BCUT2D eigenvalue weighted by Crippen LogP contribution is -2.24. The van der Waals surface area contributed by atoms with Gasteiger partial charge in [0.15, 0.2) is 0 Å². The Labute approximate surface area is 136 Å². The van der Waals surface area contributed by atoms with Crippen molar-refractivity contribution < 1.29 is 4.79 Å². The summed E-state index contributed by atoms with van der Waals surface area (Å²) in [5, 5.41) is 0. The standard InChI is InChI=1S/C20H33NO/c1-4-18(13-10-16-21(5-2)6-3)14-15-20(22)17-19-11-8-7-9-12-19/h7-9,11-12,18H,4-6,10,13-17H2,1-3H3. The average molecular weight is 303 g/mol. The first kappa shape index (κ1) is 18.9. The van der Waals surface area contributed by atoms with E-state index in [0.29, 0.717) is 18.1 Å². The predicted octanol–water partition coefficient (Wildman–Crippen LogP) is 4.73. The largest absolute Gasteiger partial charge is 0.304 e. The number of Topliss-reactive ketones (excluding diaryl/α,β-unsaturated/α-hetero) is 1. The van der Waals surface area contributed by atoms with Crippen molar-refractivity contribution in [1.29, 1.82) is 0 Å². The predicted molar refractivity (Wildman–Crippen MR) is 95.2 cm³/mol. The number of nitrogens with zero attached hydrogens (tertiary/aromatic N) is 1. The third kappa shape index (κ3) is 7.74. The molecular weight excluding hydrogens is 270 g/mol. The number of hydrogen-bond acceptors (Lipinski definition) is 2. The number of carbonyl (C=O) groups excluding carboxylic acids is 1. The quantitative estimate of drug-likeness (QED) is 0.556. The SMILES string of the molecule is CCC(CCCN(CC)CC)CCC(=O)Cc1ccccc1. The summed E-state index contributed by atoms with van der Waals surface area (Å²) < 4.78 is 0. The van der Waals surface area contributed by atoms with Crippen LogP contribution in [0.4, 0.5) is 0 Å². The summed E-state index contributed by atoms with van der Waals surface area (Å²) in [5.74, 6) is 1.09. The van der Waals surface area contributed by atoms with E-state index in [4.69, 9.17) is 0 Å². The topological polar surface area (TPSA) is 20.3 Å². The highest BCUT2D eigenvalue weighted by Crippen LogP contribution is 2.18. The number of benzene rings is 1. The van der Waals surface area contributed by atoms with Gasteiger partial charge in [-0.2, -0.15) is 0 Å². The second kappa shape index (κ2) is 11.4. The molecule has 0 N–H and O–H groups in total. The number of rotatable bonds is 12. The summed E-state index contributed by atoms with van der Waals surface area (Å²) in [6.07, 6.45) is 6.09. The van der Waals surface area contributed by atoms with Gasteiger partial charge >= 0.3 is 0 Å². The van der Waals surface area contributed by atoms with E-state index >= 15 is 0 Å². The first-order chi connectivity index (χ1) is 10.7. The van der Waals surface area contributed by atoms with Gasteiger partial charge in [0.25, 0.3) is 0 Å². The molecule has 1 rings (SSSR count). The molecule has 2 nitrogen and oxygen atoms in total. The van der Waals surface area contributed by atoms with Crippen LogP contribution in [0.25, 0.3) is 0 Å².